The minimum Gasteiger partial charge on any atom is -0.497 e. The topological polar surface area (TPSA) is 80.6 Å². The van der Waals surface area contributed by atoms with E-state index in [1.54, 1.807) is 26.2 Å². The van der Waals surface area contributed by atoms with E-state index in [2.05, 4.69) is 10.9 Å². The van der Waals surface area contributed by atoms with Crippen LogP contribution in [0.5, 0.6) is 5.75 Å². The van der Waals surface area contributed by atoms with Gasteiger partial charge in [0.1, 0.15) is 11.3 Å². The standard InChI is InChI=1S/C24H20N2O4/c1-15-20-5-3-4-6-21(20)30-23(15)24(28)26-25-22(27)12-8-16-7-9-18-14-19(29-2)11-10-17(18)13-16/h3-14H,1-2H3,(H,25,27)(H,26,28)/b12-8+. The van der Waals surface area contributed by atoms with Gasteiger partial charge in [0.2, 0.25) is 0 Å². The Bertz CT molecular complexity index is 1290. The van der Waals surface area contributed by atoms with Gasteiger partial charge in [-0.25, -0.2) is 0 Å². The van der Waals surface area contributed by atoms with Crippen molar-refractivity contribution >= 4 is 39.6 Å². The monoisotopic (exact) mass is 400 g/mol. The Morgan fingerprint density at radius 1 is 0.967 bits per heavy atom. The summed E-state index contributed by atoms with van der Waals surface area (Å²) in [5, 5.41) is 2.94. The Hall–Kier alpha value is -4.06. The van der Waals surface area contributed by atoms with Crippen molar-refractivity contribution in [1.82, 2.24) is 10.9 Å². The average molecular weight is 400 g/mol. The van der Waals surface area contributed by atoms with Crippen molar-refractivity contribution in [3.8, 4) is 5.75 Å². The molecule has 4 aromatic rings. The SMILES string of the molecule is COc1ccc2cc(/C=C/C(=O)NNC(=O)c3oc4ccccc4c3C)ccc2c1. The van der Waals surface area contributed by atoms with Gasteiger partial charge in [0, 0.05) is 17.0 Å². The van der Waals surface area contributed by atoms with E-state index < -0.39 is 11.8 Å². The summed E-state index contributed by atoms with van der Waals surface area (Å²) < 4.78 is 10.8. The predicted octanol–water partition coefficient (Wildman–Crippen LogP) is 4.38. The van der Waals surface area contributed by atoms with Crippen LogP contribution < -0.4 is 15.6 Å². The van der Waals surface area contributed by atoms with Gasteiger partial charge in [-0.3, -0.25) is 20.4 Å². The van der Waals surface area contributed by atoms with Gasteiger partial charge >= 0.3 is 5.91 Å². The predicted molar refractivity (Wildman–Crippen MR) is 116 cm³/mol. The molecular weight excluding hydrogens is 380 g/mol. The third-order valence-electron chi connectivity index (χ3n) is 4.85. The first-order valence-electron chi connectivity index (χ1n) is 9.39. The Kier molecular flexibility index (Phi) is 5.22. The highest BCUT2D eigenvalue weighted by Crippen LogP contribution is 2.25. The van der Waals surface area contributed by atoms with E-state index in [1.165, 1.54) is 6.08 Å². The van der Waals surface area contributed by atoms with Crippen LogP contribution in [0.15, 0.2) is 71.2 Å². The molecule has 0 atom stereocenters. The number of ether oxygens (including phenoxy) is 1. The number of aryl methyl sites for hydroxylation is 1. The first-order chi connectivity index (χ1) is 14.5. The van der Waals surface area contributed by atoms with Crippen LogP contribution in [0.3, 0.4) is 0 Å². The summed E-state index contributed by atoms with van der Waals surface area (Å²) in [7, 11) is 1.63. The first-order valence-corrected chi connectivity index (χ1v) is 9.39. The minimum absolute atomic E-state index is 0.172. The lowest BCUT2D eigenvalue weighted by molar-refractivity contribution is -0.117. The number of amides is 2. The molecule has 4 rings (SSSR count). The van der Waals surface area contributed by atoms with Crippen molar-refractivity contribution in [2.24, 2.45) is 0 Å². The van der Waals surface area contributed by atoms with Crippen LogP contribution in [0.1, 0.15) is 21.7 Å². The molecule has 1 aromatic heterocycles. The Balaban J connectivity index is 1.40. The number of benzene rings is 3. The quantitative estimate of drug-likeness (QED) is 0.394. The molecule has 150 valence electrons. The maximum Gasteiger partial charge on any atom is 0.305 e. The molecule has 0 fully saturated rings. The molecule has 0 saturated carbocycles. The lowest BCUT2D eigenvalue weighted by Crippen LogP contribution is -2.40. The van der Waals surface area contributed by atoms with Crippen LogP contribution in [-0.2, 0) is 4.79 Å². The van der Waals surface area contributed by atoms with Gasteiger partial charge in [0.25, 0.3) is 5.91 Å². The molecule has 0 spiro atoms. The van der Waals surface area contributed by atoms with Gasteiger partial charge in [0.15, 0.2) is 5.76 Å². The molecule has 0 unspecified atom stereocenters. The highest BCUT2D eigenvalue weighted by atomic mass is 16.5. The number of methoxy groups -OCH3 is 1. The van der Waals surface area contributed by atoms with Crippen LogP contribution in [0.2, 0.25) is 0 Å². The summed E-state index contributed by atoms with van der Waals surface area (Å²) >= 11 is 0. The molecule has 2 amide bonds. The number of nitrogens with one attached hydrogen (secondary N) is 2. The number of hydrazine groups is 1. The average Bonchev–Trinajstić information content (AvgIpc) is 3.12. The zero-order valence-electron chi connectivity index (χ0n) is 16.6. The van der Waals surface area contributed by atoms with Crippen LogP contribution in [0.25, 0.3) is 27.8 Å². The van der Waals surface area contributed by atoms with Gasteiger partial charge in [-0.15, -0.1) is 0 Å². The zero-order chi connectivity index (χ0) is 21.1. The molecule has 0 saturated heterocycles. The van der Waals surface area contributed by atoms with Crippen LogP contribution >= 0.6 is 0 Å². The van der Waals surface area contributed by atoms with Crippen molar-refractivity contribution < 1.29 is 18.7 Å². The second kappa shape index (κ2) is 8.13. The van der Waals surface area contributed by atoms with Crippen LogP contribution in [0.4, 0.5) is 0 Å². The van der Waals surface area contributed by atoms with Gasteiger partial charge in [-0.2, -0.15) is 0 Å². The largest absolute Gasteiger partial charge is 0.497 e. The molecule has 0 aliphatic carbocycles. The fraction of sp³-hybridized carbons (Fsp3) is 0.0833. The third kappa shape index (κ3) is 3.89. The third-order valence-corrected chi connectivity index (χ3v) is 4.85. The number of para-hydroxylation sites is 1. The Labute approximate surface area is 173 Å². The van der Waals surface area contributed by atoms with E-state index in [4.69, 9.17) is 9.15 Å². The van der Waals surface area contributed by atoms with E-state index in [0.29, 0.717) is 5.58 Å². The molecule has 2 N–H and O–H groups in total. The number of hydrogen-bond acceptors (Lipinski definition) is 4. The molecule has 1 heterocycles. The summed E-state index contributed by atoms with van der Waals surface area (Å²) in [6.07, 6.45) is 3.04. The first kappa shape index (κ1) is 19.3. The van der Waals surface area contributed by atoms with Crippen LogP contribution in [-0.4, -0.2) is 18.9 Å². The van der Waals surface area contributed by atoms with E-state index in [0.717, 1.165) is 33.0 Å². The van der Waals surface area contributed by atoms with Crippen molar-refractivity contribution in [3.63, 3.8) is 0 Å². The summed E-state index contributed by atoms with van der Waals surface area (Å²) in [5.41, 5.74) is 6.97. The van der Waals surface area contributed by atoms with Crippen LogP contribution in [0, 0.1) is 6.92 Å². The second-order valence-electron chi connectivity index (χ2n) is 6.80. The molecule has 3 aromatic carbocycles. The molecule has 0 radical (unpaired) electrons. The number of carbonyl (C=O) groups is 2. The number of hydrogen-bond donors (Lipinski definition) is 2. The molecular formula is C24H20N2O4. The molecule has 0 aliphatic rings. The highest BCUT2D eigenvalue weighted by molar-refractivity contribution is 6.01. The van der Waals surface area contributed by atoms with Gasteiger partial charge < -0.3 is 9.15 Å². The second-order valence-corrected chi connectivity index (χ2v) is 6.80. The van der Waals surface area contributed by atoms with E-state index in [1.807, 2.05) is 54.6 Å². The van der Waals surface area contributed by atoms with Gasteiger partial charge in [-0.05, 0) is 53.6 Å². The maximum atomic E-state index is 12.4. The van der Waals surface area contributed by atoms with E-state index >= 15 is 0 Å². The van der Waals surface area contributed by atoms with Gasteiger partial charge in [-0.1, -0.05) is 36.4 Å². The summed E-state index contributed by atoms with van der Waals surface area (Å²) in [6, 6.07) is 19.0. The molecule has 6 nitrogen and oxygen atoms in total. The number of carbonyl (C=O) groups excluding carboxylic acids is 2. The lowest BCUT2D eigenvalue weighted by Gasteiger charge is -2.04. The van der Waals surface area contributed by atoms with Gasteiger partial charge in [0.05, 0.1) is 7.11 Å². The zero-order valence-corrected chi connectivity index (χ0v) is 16.6. The number of rotatable bonds is 4. The fourth-order valence-corrected chi connectivity index (χ4v) is 3.25. The normalized spacial score (nSPS) is 11.1. The highest BCUT2D eigenvalue weighted by Gasteiger charge is 2.17. The summed E-state index contributed by atoms with van der Waals surface area (Å²) in [4.78, 5) is 24.5. The molecule has 0 bridgehead atoms. The lowest BCUT2D eigenvalue weighted by atomic mass is 10.1. The maximum absolute atomic E-state index is 12.4. The summed E-state index contributed by atoms with van der Waals surface area (Å²) in [5.74, 6) is 0.00285. The molecule has 30 heavy (non-hydrogen) atoms. The Morgan fingerprint density at radius 2 is 1.73 bits per heavy atom. The van der Waals surface area contributed by atoms with Crippen molar-refractivity contribution in [1.29, 1.82) is 0 Å². The van der Waals surface area contributed by atoms with Crippen molar-refractivity contribution in [2.75, 3.05) is 7.11 Å². The number of furan rings is 1. The Morgan fingerprint density at radius 3 is 2.53 bits per heavy atom. The molecule has 6 heteroatoms. The van der Waals surface area contributed by atoms with Crippen molar-refractivity contribution in [2.45, 2.75) is 6.92 Å². The van der Waals surface area contributed by atoms with Crippen molar-refractivity contribution in [3.05, 3.63) is 83.6 Å². The minimum atomic E-state index is -0.509. The number of fused-ring (bicyclic) bond motifs is 2. The summed E-state index contributed by atoms with van der Waals surface area (Å²) in [6.45, 7) is 1.80. The van der Waals surface area contributed by atoms with E-state index in [-0.39, 0.29) is 5.76 Å². The fourth-order valence-electron chi connectivity index (χ4n) is 3.25. The smallest absolute Gasteiger partial charge is 0.305 e. The molecule has 0 aliphatic heterocycles. The van der Waals surface area contributed by atoms with E-state index in [9.17, 15) is 9.59 Å².